The molecule has 5 heterocycles. The molecule has 164 valence electrons. The average molecular weight is 415 g/mol. The molecule has 0 aliphatic carbocycles. The normalized spacial score (nSPS) is 28.2. The van der Waals surface area contributed by atoms with E-state index in [1.54, 1.807) is 0 Å². The van der Waals surface area contributed by atoms with E-state index in [-0.39, 0.29) is 5.91 Å². The van der Waals surface area contributed by atoms with Crippen molar-refractivity contribution in [3.8, 4) is 0 Å². The predicted octanol–water partition coefficient (Wildman–Crippen LogP) is 0.757. The number of hydrogen-bond donors (Lipinski definition) is 0. The van der Waals surface area contributed by atoms with Crippen LogP contribution in [-0.4, -0.2) is 102 Å². The Kier molecular flexibility index (Phi) is 5.89. The lowest BCUT2D eigenvalue weighted by Gasteiger charge is -2.47. The van der Waals surface area contributed by atoms with Gasteiger partial charge in [-0.3, -0.25) is 14.6 Å². The Morgan fingerprint density at radius 3 is 2.90 bits per heavy atom. The Morgan fingerprint density at radius 1 is 1.17 bits per heavy atom. The maximum Gasteiger partial charge on any atom is 0.236 e. The number of nitrogens with zero attached hydrogens (tertiary/aromatic N) is 6. The zero-order valence-electron chi connectivity index (χ0n) is 18.1. The minimum Gasteiger partial charge on any atom is -0.378 e. The highest BCUT2D eigenvalue weighted by atomic mass is 16.5. The van der Waals surface area contributed by atoms with Gasteiger partial charge in [0.1, 0.15) is 0 Å². The Hall–Kier alpha value is -1.77. The zero-order valence-corrected chi connectivity index (χ0v) is 18.1. The van der Waals surface area contributed by atoms with Crippen LogP contribution < -0.4 is 4.90 Å². The summed E-state index contributed by atoms with van der Waals surface area (Å²) in [5, 5.41) is 0. The van der Waals surface area contributed by atoms with Crippen molar-refractivity contribution in [1.82, 2.24) is 24.7 Å². The fourth-order valence-electron chi connectivity index (χ4n) is 5.45. The highest BCUT2D eigenvalue weighted by molar-refractivity contribution is 5.78. The number of piperidine rings is 1. The van der Waals surface area contributed by atoms with Crippen LogP contribution in [0.4, 0.5) is 5.95 Å². The molecule has 1 aromatic heterocycles. The second kappa shape index (κ2) is 8.77. The first-order valence-electron chi connectivity index (χ1n) is 11.6. The molecule has 5 rings (SSSR count). The standard InChI is InChI=1S/C22H34N6O2/c1-17-3-2-4-19-15-27(7-8-28(17)19)21(29)16-25-6-5-20-18(14-25)13-23-22(24-20)26-9-11-30-12-10-26/h13,17,19H,2-12,14-16H2,1H3. The lowest BCUT2D eigenvalue weighted by atomic mass is 9.94. The largest absolute Gasteiger partial charge is 0.378 e. The van der Waals surface area contributed by atoms with Crippen LogP contribution in [0.3, 0.4) is 0 Å². The summed E-state index contributed by atoms with van der Waals surface area (Å²) in [7, 11) is 0. The third kappa shape index (κ3) is 4.18. The molecular weight excluding hydrogens is 380 g/mol. The monoisotopic (exact) mass is 414 g/mol. The van der Waals surface area contributed by atoms with Crippen molar-refractivity contribution in [1.29, 1.82) is 0 Å². The van der Waals surface area contributed by atoms with Gasteiger partial charge in [0, 0.05) is 76.1 Å². The van der Waals surface area contributed by atoms with Crippen LogP contribution in [0.2, 0.25) is 0 Å². The average Bonchev–Trinajstić information content (AvgIpc) is 2.79. The Morgan fingerprint density at radius 2 is 2.03 bits per heavy atom. The molecule has 0 bridgehead atoms. The van der Waals surface area contributed by atoms with Crippen LogP contribution in [0.1, 0.15) is 37.4 Å². The van der Waals surface area contributed by atoms with Crippen molar-refractivity contribution in [3.63, 3.8) is 0 Å². The van der Waals surface area contributed by atoms with Gasteiger partial charge in [0.25, 0.3) is 0 Å². The van der Waals surface area contributed by atoms with E-state index in [4.69, 9.17) is 9.72 Å². The fourth-order valence-corrected chi connectivity index (χ4v) is 5.45. The molecule has 0 aromatic carbocycles. The summed E-state index contributed by atoms with van der Waals surface area (Å²) < 4.78 is 5.43. The van der Waals surface area contributed by atoms with Crippen molar-refractivity contribution < 1.29 is 9.53 Å². The van der Waals surface area contributed by atoms with Crippen molar-refractivity contribution >= 4 is 11.9 Å². The van der Waals surface area contributed by atoms with E-state index in [0.29, 0.717) is 18.6 Å². The molecule has 4 aliphatic rings. The van der Waals surface area contributed by atoms with E-state index in [1.165, 1.54) is 19.3 Å². The van der Waals surface area contributed by atoms with Gasteiger partial charge in [-0.15, -0.1) is 0 Å². The number of hydrogen-bond acceptors (Lipinski definition) is 7. The predicted molar refractivity (Wildman–Crippen MR) is 114 cm³/mol. The van der Waals surface area contributed by atoms with Gasteiger partial charge < -0.3 is 14.5 Å². The number of carbonyl (C=O) groups excluding carboxylic acids is 1. The lowest BCUT2D eigenvalue weighted by Crippen LogP contribution is -2.59. The summed E-state index contributed by atoms with van der Waals surface area (Å²) in [5.74, 6) is 1.10. The highest BCUT2D eigenvalue weighted by Crippen LogP contribution is 2.26. The molecule has 8 nitrogen and oxygen atoms in total. The van der Waals surface area contributed by atoms with Crippen molar-refractivity contribution in [2.45, 2.75) is 51.2 Å². The lowest BCUT2D eigenvalue weighted by molar-refractivity contribution is -0.137. The van der Waals surface area contributed by atoms with Crippen LogP contribution >= 0.6 is 0 Å². The second-order valence-electron chi connectivity index (χ2n) is 9.21. The van der Waals surface area contributed by atoms with Gasteiger partial charge in [0.15, 0.2) is 0 Å². The molecule has 0 radical (unpaired) electrons. The molecule has 1 aromatic rings. The van der Waals surface area contributed by atoms with Crippen molar-refractivity contribution in [2.75, 3.05) is 63.9 Å². The van der Waals surface area contributed by atoms with E-state index >= 15 is 0 Å². The molecule has 0 N–H and O–H groups in total. The number of rotatable bonds is 3. The fraction of sp³-hybridized carbons (Fsp3) is 0.773. The van der Waals surface area contributed by atoms with Crippen molar-refractivity contribution in [3.05, 3.63) is 17.5 Å². The topological polar surface area (TPSA) is 65.0 Å². The van der Waals surface area contributed by atoms with Gasteiger partial charge >= 0.3 is 0 Å². The Labute approximate surface area is 179 Å². The molecule has 3 fully saturated rings. The smallest absolute Gasteiger partial charge is 0.236 e. The number of anilines is 1. The van der Waals surface area contributed by atoms with E-state index < -0.39 is 0 Å². The SMILES string of the molecule is CC1CCCC2CN(C(=O)CN3CCc4nc(N5CCOCC5)ncc4C3)CCN12. The molecule has 2 atom stereocenters. The molecule has 0 saturated carbocycles. The van der Waals surface area contributed by atoms with Gasteiger partial charge in [0.05, 0.1) is 25.5 Å². The summed E-state index contributed by atoms with van der Waals surface area (Å²) in [4.78, 5) is 31.6. The molecule has 8 heteroatoms. The third-order valence-electron chi connectivity index (χ3n) is 7.26. The summed E-state index contributed by atoms with van der Waals surface area (Å²) in [6.07, 6.45) is 6.67. The van der Waals surface area contributed by atoms with E-state index in [9.17, 15) is 4.79 Å². The van der Waals surface area contributed by atoms with E-state index in [1.807, 2.05) is 6.20 Å². The minimum atomic E-state index is 0.280. The zero-order chi connectivity index (χ0) is 20.5. The minimum absolute atomic E-state index is 0.280. The first-order valence-corrected chi connectivity index (χ1v) is 11.6. The second-order valence-corrected chi connectivity index (χ2v) is 9.21. The first kappa shape index (κ1) is 20.2. The number of aromatic nitrogens is 2. The summed E-state index contributed by atoms with van der Waals surface area (Å²) >= 11 is 0. The maximum atomic E-state index is 13.0. The van der Waals surface area contributed by atoms with Gasteiger partial charge in [-0.1, -0.05) is 6.42 Å². The number of fused-ring (bicyclic) bond motifs is 2. The van der Waals surface area contributed by atoms with Crippen LogP contribution in [0, 0.1) is 0 Å². The quantitative estimate of drug-likeness (QED) is 0.723. The van der Waals surface area contributed by atoms with E-state index in [0.717, 1.165) is 82.7 Å². The van der Waals surface area contributed by atoms with Crippen LogP contribution in [-0.2, 0) is 22.5 Å². The number of amides is 1. The molecule has 2 unspecified atom stereocenters. The molecule has 30 heavy (non-hydrogen) atoms. The summed E-state index contributed by atoms with van der Waals surface area (Å²) in [6, 6.07) is 1.22. The summed E-state index contributed by atoms with van der Waals surface area (Å²) in [6.45, 7) is 10.5. The third-order valence-corrected chi connectivity index (χ3v) is 7.26. The number of carbonyl (C=O) groups is 1. The number of morpholine rings is 1. The molecule has 4 aliphatic heterocycles. The van der Waals surface area contributed by atoms with E-state index in [2.05, 4.69) is 31.5 Å². The Bertz CT molecular complexity index is 768. The van der Waals surface area contributed by atoms with Crippen molar-refractivity contribution in [2.24, 2.45) is 0 Å². The Balaban J connectivity index is 1.17. The van der Waals surface area contributed by atoms with Gasteiger partial charge in [-0.25, -0.2) is 9.97 Å². The summed E-state index contributed by atoms with van der Waals surface area (Å²) in [5.41, 5.74) is 2.30. The molecule has 1 amide bonds. The highest BCUT2D eigenvalue weighted by Gasteiger charge is 2.35. The molecular formula is C22H34N6O2. The first-order chi connectivity index (χ1) is 14.7. The van der Waals surface area contributed by atoms with Crippen LogP contribution in [0.15, 0.2) is 6.20 Å². The van der Waals surface area contributed by atoms with Gasteiger partial charge in [-0.05, 0) is 19.8 Å². The molecule has 0 spiro atoms. The number of ether oxygens (including phenoxy) is 1. The number of piperazine rings is 1. The molecule has 3 saturated heterocycles. The van der Waals surface area contributed by atoms with Crippen LogP contribution in [0.25, 0.3) is 0 Å². The van der Waals surface area contributed by atoms with Crippen LogP contribution in [0.5, 0.6) is 0 Å². The van der Waals surface area contributed by atoms with Gasteiger partial charge in [-0.2, -0.15) is 0 Å². The maximum absolute atomic E-state index is 13.0. The van der Waals surface area contributed by atoms with Gasteiger partial charge in [0.2, 0.25) is 11.9 Å².